The highest BCUT2D eigenvalue weighted by molar-refractivity contribution is 5.92. The molecular weight excluding hydrogens is 260 g/mol. The van der Waals surface area contributed by atoms with Gasteiger partial charge in [0.1, 0.15) is 6.20 Å². The van der Waals surface area contributed by atoms with E-state index >= 15 is 0 Å². The zero-order valence-corrected chi connectivity index (χ0v) is 11.2. The summed E-state index contributed by atoms with van der Waals surface area (Å²) in [5, 5.41) is 10.9. The quantitative estimate of drug-likeness (QED) is 0.628. The Labute approximate surface area is 115 Å². The molecule has 20 heavy (non-hydrogen) atoms. The first-order valence-electron chi connectivity index (χ1n) is 5.99. The summed E-state index contributed by atoms with van der Waals surface area (Å²) in [6.45, 7) is 1.51. The SMILES string of the molecule is Cc1ncc([N+](=O)[O-])n1CC(=O)N(C)c1ccccc1. The van der Waals surface area contributed by atoms with Gasteiger partial charge in [-0.25, -0.2) is 9.55 Å². The Morgan fingerprint density at radius 2 is 2.05 bits per heavy atom. The van der Waals surface area contributed by atoms with E-state index in [1.165, 1.54) is 9.47 Å². The number of aromatic nitrogens is 2. The molecular formula is C13H14N4O3. The normalized spacial score (nSPS) is 10.3. The summed E-state index contributed by atoms with van der Waals surface area (Å²) >= 11 is 0. The molecule has 0 aliphatic rings. The van der Waals surface area contributed by atoms with Crippen molar-refractivity contribution in [3.05, 3.63) is 52.5 Å². The van der Waals surface area contributed by atoms with Crippen LogP contribution in [0.2, 0.25) is 0 Å². The number of carbonyl (C=O) groups excluding carboxylic acids is 1. The molecule has 0 N–H and O–H groups in total. The van der Waals surface area contributed by atoms with Gasteiger partial charge in [0.05, 0.1) is 0 Å². The molecule has 0 atom stereocenters. The summed E-state index contributed by atoms with van der Waals surface area (Å²) in [5.74, 6) is 0.00391. The Balaban J connectivity index is 2.20. The van der Waals surface area contributed by atoms with E-state index in [-0.39, 0.29) is 18.3 Å². The van der Waals surface area contributed by atoms with Crippen LogP contribution in [-0.2, 0) is 11.3 Å². The maximum absolute atomic E-state index is 12.2. The average Bonchev–Trinajstić information content (AvgIpc) is 2.80. The van der Waals surface area contributed by atoms with Crippen LogP contribution in [0.4, 0.5) is 11.5 Å². The van der Waals surface area contributed by atoms with Gasteiger partial charge in [0.15, 0.2) is 12.4 Å². The van der Waals surface area contributed by atoms with Gasteiger partial charge in [-0.3, -0.25) is 4.79 Å². The van der Waals surface area contributed by atoms with Gasteiger partial charge in [-0.05, 0) is 17.1 Å². The second-order valence-corrected chi connectivity index (χ2v) is 4.30. The fourth-order valence-electron chi connectivity index (χ4n) is 1.83. The maximum atomic E-state index is 12.2. The number of carbonyl (C=O) groups is 1. The van der Waals surface area contributed by atoms with Crippen LogP contribution in [0, 0.1) is 17.0 Å². The molecule has 1 aromatic heterocycles. The van der Waals surface area contributed by atoms with E-state index in [1.54, 1.807) is 26.1 Å². The molecule has 1 aromatic carbocycles. The van der Waals surface area contributed by atoms with E-state index in [4.69, 9.17) is 0 Å². The molecule has 0 aliphatic heterocycles. The highest BCUT2D eigenvalue weighted by atomic mass is 16.6. The van der Waals surface area contributed by atoms with Gasteiger partial charge in [0.2, 0.25) is 0 Å². The van der Waals surface area contributed by atoms with Crippen LogP contribution < -0.4 is 4.90 Å². The number of para-hydroxylation sites is 1. The van der Waals surface area contributed by atoms with E-state index in [0.717, 1.165) is 11.9 Å². The number of anilines is 1. The second-order valence-electron chi connectivity index (χ2n) is 4.30. The minimum Gasteiger partial charge on any atom is -0.358 e. The third-order valence-electron chi connectivity index (χ3n) is 3.03. The third-order valence-corrected chi connectivity index (χ3v) is 3.03. The lowest BCUT2D eigenvalue weighted by molar-refractivity contribution is -0.392. The zero-order valence-electron chi connectivity index (χ0n) is 11.2. The minimum absolute atomic E-state index is 0.118. The molecule has 2 aromatic rings. The fraction of sp³-hybridized carbons (Fsp3) is 0.231. The molecule has 1 heterocycles. The lowest BCUT2D eigenvalue weighted by atomic mass is 10.3. The molecule has 0 radical (unpaired) electrons. The smallest absolute Gasteiger partial charge is 0.343 e. The predicted molar refractivity (Wildman–Crippen MR) is 73.5 cm³/mol. The van der Waals surface area contributed by atoms with Crippen molar-refractivity contribution in [3.8, 4) is 0 Å². The molecule has 0 aliphatic carbocycles. The standard InChI is InChI=1S/C13H14N4O3/c1-10-14-8-12(17(19)20)16(10)9-13(18)15(2)11-6-4-3-5-7-11/h3-8H,9H2,1-2H3. The van der Waals surface area contributed by atoms with Gasteiger partial charge in [-0.15, -0.1) is 0 Å². The molecule has 7 heteroatoms. The number of imidazole rings is 1. The summed E-state index contributed by atoms with van der Waals surface area (Å²) in [6.07, 6.45) is 1.16. The second kappa shape index (κ2) is 5.52. The summed E-state index contributed by atoms with van der Waals surface area (Å²) < 4.78 is 1.29. The van der Waals surface area contributed by atoms with E-state index in [0.29, 0.717) is 5.82 Å². The Morgan fingerprint density at radius 1 is 1.40 bits per heavy atom. The summed E-state index contributed by atoms with van der Waals surface area (Å²) in [5.41, 5.74) is 0.734. The van der Waals surface area contributed by atoms with Crippen molar-refractivity contribution in [3.63, 3.8) is 0 Å². The van der Waals surface area contributed by atoms with Crippen LogP contribution in [0.3, 0.4) is 0 Å². The van der Waals surface area contributed by atoms with E-state index < -0.39 is 4.92 Å². The highest BCUT2D eigenvalue weighted by Gasteiger charge is 2.22. The number of rotatable bonds is 4. The number of benzene rings is 1. The molecule has 0 bridgehead atoms. The first kappa shape index (κ1) is 13.7. The van der Waals surface area contributed by atoms with Crippen LogP contribution >= 0.6 is 0 Å². The first-order valence-corrected chi connectivity index (χ1v) is 5.99. The van der Waals surface area contributed by atoms with Crippen molar-refractivity contribution in [1.29, 1.82) is 0 Å². The van der Waals surface area contributed by atoms with E-state index in [9.17, 15) is 14.9 Å². The van der Waals surface area contributed by atoms with Crippen molar-refractivity contribution in [2.75, 3.05) is 11.9 Å². The van der Waals surface area contributed by atoms with Crippen molar-refractivity contribution in [2.24, 2.45) is 0 Å². The molecule has 2 rings (SSSR count). The molecule has 104 valence electrons. The monoisotopic (exact) mass is 274 g/mol. The molecule has 0 saturated carbocycles. The van der Waals surface area contributed by atoms with Crippen LogP contribution in [0.15, 0.2) is 36.5 Å². The third kappa shape index (κ3) is 2.66. The van der Waals surface area contributed by atoms with Gasteiger partial charge in [0.25, 0.3) is 5.91 Å². The number of likely N-dealkylation sites (N-methyl/N-ethyl adjacent to an activating group) is 1. The number of nitro groups is 1. The number of hydrogen-bond acceptors (Lipinski definition) is 4. The maximum Gasteiger partial charge on any atom is 0.343 e. The Morgan fingerprint density at radius 3 is 2.65 bits per heavy atom. The van der Waals surface area contributed by atoms with Gasteiger partial charge in [-0.2, -0.15) is 0 Å². The van der Waals surface area contributed by atoms with Crippen molar-refractivity contribution in [2.45, 2.75) is 13.5 Å². The van der Waals surface area contributed by atoms with E-state index in [1.807, 2.05) is 18.2 Å². The number of aryl methyl sites for hydroxylation is 1. The molecule has 7 nitrogen and oxygen atoms in total. The molecule has 0 fully saturated rings. The summed E-state index contributed by atoms with van der Waals surface area (Å²) in [4.78, 5) is 27.9. The largest absolute Gasteiger partial charge is 0.358 e. The molecule has 1 amide bonds. The van der Waals surface area contributed by atoms with Crippen molar-refractivity contribution < 1.29 is 9.72 Å². The van der Waals surface area contributed by atoms with Gasteiger partial charge >= 0.3 is 5.82 Å². The van der Waals surface area contributed by atoms with Crippen molar-refractivity contribution in [1.82, 2.24) is 9.55 Å². The molecule has 0 spiro atoms. The van der Waals surface area contributed by atoms with Crippen LogP contribution in [-0.4, -0.2) is 27.4 Å². The number of amides is 1. The number of hydrogen-bond donors (Lipinski definition) is 0. The topological polar surface area (TPSA) is 81.3 Å². The predicted octanol–water partition coefficient (Wildman–Crippen LogP) is 1.76. The Bertz CT molecular complexity index is 636. The number of nitrogens with zero attached hydrogens (tertiary/aromatic N) is 4. The van der Waals surface area contributed by atoms with E-state index in [2.05, 4.69) is 4.98 Å². The van der Waals surface area contributed by atoms with Crippen molar-refractivity contribution >= 4 is 17.4 Å². The van der Waals surface area contributed by atoms with Crippen LogP contribution in [0.5, 0.6) is 0 Å². The lowest BCUT2D eigenvalue weighted by Gasteiger charge is -2.16. The van der Waals surface area contributed by atoms with Gasteiger partial charge in [0, 0.05) is 19.7 Å². The first-order chi connectivity index (χ1) is 9.50. The van der Waals surface area contributed by atoms with Crippen LogP contribution in [0.1, 0.15) is 5.82 Å². The van der Waals surface area contributed by atoms with Crippen LogP contribution in [0.25, 0.3) is 0 Å². The summed E-state index contributed by atoms with van der Waals surface area (Å²) in [6, 6.07) is 9.10. The Kier molecular flexibility index (Phi) is 3.79. The van der Waals surface area contributed by atoms with Gasteiger partial charge < -0.3 is 15.0 Å². The molecule has 0 saturated heterocycles. The average molecular weight is 274 g/mol. The van der Waals surface area contributed by atoms with Gasteiger partial charge in [-0.1, -0.05) is 18.2 Å². The Hall–Kier alpha value is -2.70. The lowest BCUT2D eigenvalue weighted by Crippen LogP contribution is -2.30. The molecule has 0 unspecified atom stereocenters. The highest BCUT2D eigenvalue weighted by Crippen LogP contribution is 2.16. The zero-order chi connectivity index (χ0) is 14.7. The fourth-order valence-corrected chi connectivity index (χ4v) is 1.83. The minimum atomic E-state index is -0.546. The summed E-state index contributed by atoms with van der Waals surface area (Å²) in [7, 11) is 1.63.